The van der Waals surface area contributed by atoms with Gasteiger partial charge in [0.05, 0.1) is 25.1 Å². The Balaban J connectivity index is 2.21. The van der Waals surface area contributed by atoms with E-state index in [1.165, 1.54) is 18.8 Å². The Labute approximate surface area is 143 Å². The molecule has 0 aliphatic carbocycles. The molecule has 1 N–H and O–H groups in total. The van der Waals surface area contributed by atoms with Gasteiger partial charge in [0.2, 0.25) is 11.8 Å². The third-order valence-electron chi connectivity index (χ3n) is 4.34. The van der Waals surface area contributed by atoms with Crippen molar-refractivity contribution in [2.75, 3.05) is 14.2 Å². The summed E-state index contributed by atoms with van der Waals surface area (Å²) in [6.07, 6.45) is 1.19. The number of hydrogen-bond acceptors (Lipinski definition) is 6. The molecule has 132 valence electrons. The summed E-state index contributed by atoms with van der Waals surface area (Å²) in [4.78, 5) is 41.3. The number of benzene rings is 1. The first kappa shape index (κ1) is 16.9. The molecule has 2 heterocycles. The fourth-order valence-corrected chi connectivity index (χ4v) is 3.12. The molecule has 3 rings (SSSR count). The quantitative estimate of drug-likeness (QED) is 0.836. The van der Waals surface area contributed by atoms with Crippen molar-refractivity contribution in [1.82, 2.24) is 14.9 Å². The number of ether oxygens (including phenoxy) is 2. The number of methoxy groups -OCH3 is 2. The van der Waals surface area contributed by atoms with E-state index in [1.807, 2.05) is 0 Å². The predicted molar refractivity (Wildman–Crippen MR) is 89.9 cm³/mol. The molecule has 1 fully saturated rings. The van der Waals surface area contributed by atoms with E-state index in [0.717, 1.165) is 0 Å². The molecular weight excluding hydrogens is 326 g/mol. The molecule has 25 heavy (non-hydrogen) atoms. The monoisotopic (exact) mass is 345 g/mol. The lowest BCUT2D eigenvalue weighted by atomic mass is 10.1. The highest BCUT2D eigenvalue weighted by molar-refractivity contribution is 5.98. The predicted octanol–water partition coefficient (Wildman–Crippen LogP) is 1.09. The molecule has 0 saturated carbocycles. The van der Waals surface area contributed by atoms with E-state index < -0.39 is 11.9 Å². The summed E-state index contributed by atoms with van der Waals surface area (Å²) in [6, 6.07) is 2.42. The van der Waals surface area contributed by atoms with Crippen LogP contribution in [0, 0.1) is 6.92 Å². The molecule has 1 aromatic carbocycles. The average molecular weight is 345 g/mol. The van der Waals surface area contributed by atoms with Crippen LogP contribution in [0.4, 0.5) is 0 Å². The summed E-state index contributed by atoms with van der Waals surface area (Å²) in [6.45, 7) is 1.66. The Kier molecular flexibility index (Phi) is 4.43. The second kappa shape index (κ2) is 6.54. The number of carbonyl (C=O) groups is 2. The van der Waals surface area contributed by atoms with Crippen LogP contribution >= 0.6 is 0 Å². The molecule has 1 unspecified atom stereocenters. The van der Waals surface area contributed by atoms with E-state index >= 15 is 0 Å². The van der Waals surface area contributed by atoms with Crippen LogP contribution in [-0.4, -0.2) is 35.6 Å². The number of fused-ring (bicyclic) bond motifs is 1. The average Bonchev–Trinajstić information content (AvgIpc) is 2.74. The number of aryl methyl sites for hydroxylation is 1. The molecule has 1 aromatic heterocycles. The molecule has 1 aliphatic rings. The first-order chi connectivity index (χ1) is 12.0. The molecule has 0 bridgehead atoms. The van der Waals surface area contributed by atoms with Gasteiger partial charge >= 0.3 is 0 Å². The molecule has 1 saturated heterocycles. The molecule has 0 spiro atoms. The number of amides is 2. The first-order valence-electron chi connectivity index (χ1n) is 7.94. The number of nitrogens with zero attached hydrogens (tertiary/aromatic N) is 2. The second-order valence-corrected chi connectivity index (χ2v) is 5.88. The van der Waals surface area contributed by atoms with Crippen molar-refractivity contribution in [3.8, 4) is 11.5 Å². The van der Waals surface area contributed by atoms with Crippen LogP contribution in [0.1, 0.15) is 31.1 Å². The maximum atomic E-state index is 13.0. The summed E-state index contributed by atoms with van der Waals surface area (Å²) < 4.78 is 11.8. The number of aromatic nitrogens is 2. The topological polar surface area (TPSA) is 99.5 Å². The van der Waals surface area contributed by atoms with Gasteiger partial charge in [-0.15, -0.1) is 0 Å². The third-order valence-corrected chi connectivity index (χ3v) is 4.34. The molecule has 8 heteroatoms. The Bertz CT molecular complexity index is 919. The smallest absolute Gasteiger partial charge is 0.262 e. The lowest BCUT2D eigenvalue weighted by Crippen LogP contribution is -2.39. The summed E-state index contributed by atoms with van der Waals surface area (Å²) in [7, 11) is 2.98. The molecule has 1 aliphatic heterocycles. The fourth-order valence-electron chi connectivity index (χ4n) is 3.12. The van der Waals surface area contributed by atoms with Crippen molar-refractivity contribution in [2.45, 2.75) is 32.2 Å². The largest absolute Gasteiger partial charge is 0.493 e. The van der Waals surface area contributed by atoms with Crippen LogP contribution in [0.25, 0.3) is 10.9 Å². The van der Waals surface area contributed by atoms with Gasteiger partial charge in [-0.25, -0.2) is 4.98 Å². The van der Waals surface area contributed by atoms with Crippen molar-refractivity contribution in [3.05, 3.63) is 28.3 Å². The standard InChI is InChI=1S/C17H19N3O5/c1-9-18-11-8-14(25-3)13(24-2)7-10(11)17(23)20(9)12-5-4-6-15(21)19-16(12)22/h7-8,12H,4-6H2,1-3H3,(H,19,21,22). The summed E-state index contributed by atoms with van der Waals surface area (Å²) in [5.74, 6) is 0.480. The van der Waals surface area contributed by atoms with Gasteiger partial charge in [0.1, 0.15) is 11.9 Å². The molecule has 8 nitrogen and oxygen atoms in total. The van der Waals surface area contributed by atoms with Gasteiger partial charge in [0, 0.05) is 12.5 Å². The molecule has 1 atom stereocenters. The van der Waals surface area contributed by atoms with Crippen LogP contribution < -0.4 is 20.3 Å². The van der Waals surface area contributed by atoms with Gasteiger partial charge in [-0.1, -0.05) is 0 Å². The van der Waals surface area contributed by atoms with Gasteiger partial charge in [-0.2, -0.15) is 0 Å². The van der Waals surface area contributed by atoms with E-state index in [-0.39, 0.29) is 17.9 Å². The number of imide groups is 1. The SMILES string of the molecule is COc1cc2nc(C)n(C3CCCC(=O)NC3=O)c(=O)c2cc1OC. The highest BCUT2D eigenvalue weighted by Crippen LogP contribution is 2.30. The van der Waals surface area contributed by atoms with E-state index in [0.29, 0.717) is 41.1 Å². The second-order valence-electron chi connectivity index (χ2n) is 5.88. The van der Waals surface area contributed by atoms with Crippen LogP contribution in [0.15, 0.2) is 16.9 Å². The molecular formula is C17H19N3O5. The lowest BCUT2D eigenvalue weighted by molar-refractivity contribution is -0.131. The van der Waals surface area contributed by atoms with Crippen LogP contribution in [0.5, 0.6) is 11.5 Å². The Morgan fingerprint density at radius 1 is 1.16 bits per heavy atom. The number of carbonyl (C=O) groups excluding carboxylic acids is 2. The third kappa shape index (κ3) is 2.95. The van der Waals surface area contributed by atoms with Gasteiger partial charge in [0.25, 0.3) is 5.56 Å². The molecule has 2 amide bonds. The first-order valence-corrected chi connectivity index (χ1v) is 7.94. The summed E-state index contributed by atoms with van der Waals surface area (Å²) in [5, 5.41) is 2.65. The Morgan fingerprint density at radius 3 is 2.52 bits per heavy atom. The Morgan fingerprint density at radius 2 is 1.84 bits per heavy atom. The fraction of sp³-hybridized carbons (Fsp3) is 0.412. The van der Waals surface area contributed by atoms with E-state index in [4.69, 9.17) is 9.47 Å². The van der Waals surface area contributed by atoms with Crippen molar-refractivity contribution in [2.24, 2.45) is 0 Å². The maximum Gasteiger partial charge on any atom is 0.262 e. The van der Waals surface area contributed by atoms with Crippen molar-refractivity contribution in [1.29, 1.82) is 0 Å². The Hall–Kier alpha value is -2.90. The maximum absolute atomic E-state index is 13.0. The highest BCUT2D eigenvalue weighted by Gasteiger charge is 2.28. The summed E-state index contributed by atoms with van der Waals surface area (Å²) >= 11 is 0. The zero-order chi connectivity index (χ0) is 18.1. The number of nitrogens with one attached hydrogen (secondary N) is 1. The minimum atomic E-state index is -0.760. The van der Waals surface area contributed by atoms with Crippen molar-refractivity contribution < 1.29 is 19.1 Å². The van der Waals surface area contributed by atoms with Crippen LogP contribution in [0.2, 0.25) is 0 Å². The van der Waals surface area contributed by atoms with E-state index in [9.17, 15) is 14.4 Å². The zero-order valence-electron chi connectivity index (χ0n) is 14.3. The van der Waals surface area contributed by atoms with Gasteiger partial charge in [-0.05, 0) is 25.8 Å². The van der Waals surface area contributed by atoms with Crippen LogP contribution in [-0.2, 0) is 9.59 Å². The van der Waals surface area contributed by atoms with E-state index in [2.05, 4.69) is 10.3 Å². The van der Waals surface area contributed by atoms with Gasteiger partial charge < -0.3 is 9.47 Å². The number of hydrogen-bond donors (Lipinski definition) is 1. The van der Waals surface area contributed by atoms with Crippen LogP contribution in [0.3, 0.4) is 0 Å². The van der Waals surface area contributed by atoms with Crippen molar-refractivity contribution in [3.63, 3.8) is 0 Å². The zero-order valence-corrected chi connectivity index (χ0v) is 14.3. The van der Waals surface area contributed by atoms with Crippen molar-refractivity contribution >= 4 is 22.7 Å². The number of rotatable bonds is 3. The normalized spacial score (nSPS) is 18.0. The van der Waals surface area contributed by atoms with Gasteiger partial charge in [0.15, 0.2) is 11.5 Å². The minimum Gasteiger partial charge on any atom is -0.493 e. The van der Waals surface area contributed by atoms with E-state index in [1.54, 1.807) is 19.1 Å². The lowest BCUT2D eigenvalue weighted by Gasteiger charge is -2.19. The van der Waals surface area contributed by atoms with Gasteiger partial charge in [-0.3, -0.25) is 24.3 Å². The summed E-state index contributed by atoms with van der Waals surface area (Å²) in [5.41, 5.74) is 0.111. The molecule has 0 radical (unpaired) electrons. The highest BCUT2D eigenvalue weighted by atomic mass is 16.5. The molecule has 2 aromatic rings. The minimum absolute atomic E-state index is 0.266.